The molecule has 0 amide bonds. The standard InChI is InChI=1S/C12H12Cl2N2O4S2.C5H8N2O2S/c13-10-3-1-4-11(14)9(10)8-22(19,20)15-5-2-6-21-12(15)7-16(17)18;8-7(9)4-5-6-2-1-3-10-5/h1,3-4,7H,2,5-6,8H2;4,6H,1-3H2. The first-order chi connectivity index (χ1) is 15.1. The minimum atomic E-state index is -3.81. The maximum absolute atomic E-state index is 12.6. The van der Waals surface area contributed by atoms with Gasteiger partial charge in [0, 0.05) is 40.2 Å². The number of thioether (sulfide) groups is 2. The van der Waals surface area contributed by atoms with Crippen molar-refractivity contribution in [1.82, 2.24) is 9.62 Å². The molecule has 1 aromatic carbocycles. The number of rotatable bonds is 5. The Balaban J connectivity index is 0.000000303. The van der Waals surface area contributed by atoms with Crippen LogP contribution in [0.1, 0.15) is 18.4 Å². The number of hydrogen-bond donors (Lipinski definition) is 1. The van der Waals surface area contributed by atoms with Gasteiger partial charge in [-0.15, -0.1) is 23.5 Å². The van der Waals surface area contributed by atoms with E-state index in [2.05, 4.69) is 5.32 Å². The molecule has 0 unspecified atom stereocenters. The molecule has 2 fully saturated rings. The monoisotopic (exact) mass is 542 g/mol. The second kappa shape index (κ2) is 12.5. The van der Waals surface area contributed by atoms with E-state index in [9.17, 15) is 28.6 Å². The number of nitrogens with zero attached hydrogens (tertiary/aromatic N) is 3. The molecule has 1 aromatic rings. The largest absolute Gasteiger partial charge is 0.375 e. The molecule has 0 aromatic heterocycles. The number of sulfonamides is 1. The lowest BCUT2D eigenvalue weighted by molar-refractivity contribution is -0.403. The third kappa shape index (κ3) is 8.35. The van der Waals surface area contributed by atoms with Gasteiger partial charge in [0.2, 0.25) is 10.0 Å². The van der Waals surface area contributed by atoms with Crippen LogP contribution in [0.5, 0.6) is 0 Å². The molecule has 0 bridgehead atoms. The highest BCUT2D eigenvalue weighted by Gasteiger charge is 2.30. The Morgan fingerprint density at radius 3 is 2.25 bits per heavy atom. The van der Waals surface area contributed by atoms with Gasteiger partial charge in [-0.05, 0) is 25.0 Å². The summed E-state index contributed by atoms with van der Waals surface area (Å²) in [4.78, 5) is 19.5. The summed E-state index contributed by atoms with van der Waals surface area (Å²) >= 11 is 14.6. The lowest BCUT2D eigenvalue weighted by Gasteiger charge is -2.28. The van der Waals surface area contributed by atoms with Gasteiger partial charge < -0.3 is 5.32 Å². The van der Waals surface area contributed by atoms with Crippen LogP contribution in [0.25, 0.3) is 0 Å². The van der Waals surface area contributed by atoms with Crippen LogP contribution < -0.4 is 5.32 Å². The number of nitro groups is 2. The summed E-state index contributed by atoms with van der Waals surface area (Å²) in [5.41, 5.74) is 0.293. The van der Waals surface area contributed by atoms with Crippen LogP contribution in [0, 0.1) is 20.2 Å². The first-order valence-corrected chi connectivity index (χ1v) is 13.6. The van der Waals surface area contributed by atoms with Crippen molar-refractivity contribution in [3.05, 3.63) is 76.5 Å². The van der Waals surface area contributed by atoms with Crippen molar-refractivity contribution in [2.75, 3.05) is 24.6 Å². The van der Waals surface area contributed by atoms with Gasteiger partial charge in [0.05, 0.1) is 15.6 Å². The quantitative estimate of drug-likeness (QED) is 0.430. The van der Waals surface area contributed by atoms with Crippen LogP contribution in [0.2, 0.25) is 10.0 Å². The Morgan fingerprint density at radius 1 is 1.06 bits per heavy atom. The van der Waals surface area contributed by atoms with Crippen LogP contribution >= 0.6 is 46.7 Å². The predicted molar refractivity (Wildman–Crippen MR) is 128 cm³/mol. The van der Waals surface area contributed by atoms with Crippen LogP contribution in [0.15, 0.2) is 40.7 Å². The molecule has 176 valence electrons. The summed E-state index contributed by atoms with van der Waals surface area (Å²) in [6, 6.07) is 4.73. The molecule has 0 radical (unpaired) electrons. The smallest absolute Gasteiger partial charge is 0.265 e. The molecule has 2 saturated heterocycles. The summed E-state index contributed by atoms with van der Waals surface area (Å²) in [5, 5.41) is 24.8. The lowest BCUT2D eigenvalue weighted by atomic mass is 10.2. The summed E-state index contributed by atoms with van der Waals surface area (Å²) in [7, 11) is -3.81. The van der Waals surface area contributed by atoms with Gasteiger partial charge in [0.1, 0.15) is 5.03 Å². The molecule has 2 heterocycles. The molecule has 1 N–H and O–H groups in total. The highest BCUT2D eigenvalue weighted by atomic mass is 35.5. The van der Waals surface area contributed by atoms with E-state index in [0.29, 0.717) is 22.8 Å². The van der Waals surface area contributed by atoms with Gasteiger partial charge in [-0.1, -0.05) is 29.3 Å². The van der Waals surface area contributed by atoms with E-state index in [0.717, 1.165) is 47.2 Å². The number of benzene rings is 1. The van der Waals surface area contributed by atoms with Crippen molar-refractivity contribution >= 4 is 56.7 Å². The average molecular weight is 543 g/mol. The Hall–Kier alpha value is -1.67. The van der Waals surface area contributed by atoms with E-state index in [1.807, 2.05) is 0 Å². The molecule has 15 heteroatoms. The Bertz CT molecular complexity index is 991. The zero-order valence-electron chi connectivity index (χ0n) is 16.6. The highest BCUT2D eigenvalue weighted by molar-refractivity contribution is 8.04. The van der Waals surface area contributed by atoms with Crippen LogP contribution in [0.4, 0.5) is 0 Å². The van der Waals surface area contributed by atoms with Gasteiger partial charge >= 0.3 is 0 Å². The topological polar surface area (TPSA) is 136 Å². The molecule has 10 nitrogen and oxygen atoms in total. The summed E-state index contributed by atoms with van der Waals surface area (Å²) < 4.78 is 26.2. The minimum Gasteiger partial charge on any atom is -0.375 e. The van der Waals surface area contributed by atoms with E-state index in [1.165, 1.54) is 11.8 Å². The molecule has 2 aliphatic heterocycles. The van der Waals surface area contributed by atoms with Crippen molar-refractivity contribution in [3.8, 4) is 0 Å². The SMILES string of the molecule is O=[N+]([O-])C=C1NCCCS1.O=[N+]([O-])C=C1SCCCN1S(=O)(=O)Cc1c(Cl)cccc1Cl. The van der Waals surface area contributed by atoms with Gasteiger partial charge in [-0.25, -0.2) is 8.42 Å². The maximum atomic E-state index is 12.6. The van der Waals surface area contributed by atoms with Crippen molar-refractivity contribution in [2.45, 2.75) is 18.6 Å². The molecule has 0 saturated carbocycles. The van der Waals surface area contributed by atoms with E-state index >= 15 is 0 Å². The fourth-order valence-corrected chi connectivity index (χ4v) is 7.16. The summed E-state index contributed by atoms with van der Waals surface area (Å²) in [6.45, 7) is 1.06. The molecule has 3 rings (SSSR count). The lowest BCUT2D eigenvalue weighted by Crippen LogP contribution is -2.34. The zero-order valence-corrected chi connectivity index (χ0v) is 20.6. The van der Waals surface area contributed by atoms with Crippen molar-refractivity contribution in [3.63, 3.8) is 0 Å². The average Bonchev–Trinajstić information content (AvgIpc) is 2.71. The first kappa shape index (κ1) is 26.6. The molecule has 2 aliphatic rings. The zero-order chi connectivity index (χ0) is 23.7. The van der Waals surface area contributed by atoms with Crippen molar-refractivity contribution in [2.24, 2.45) is 0 Å². The fraction of sp³-hybridized carbons (Fsp3) is 0.412. The van der Waals surface area contributed by atoms with Crippen molar-refractivity contribution in [1.29, 1.82) is 0 Å². The molecule has 32 heavy (non-hydrogen) atoms. The third-order valence-electron chi connectivity index (χ3n) is 4.04. The Kier molecular flexibility index (Phi) is 10.4. The van der Waals surface area contributed by atoms with E-state index in [-0.39, 0.29) is 21.6 Å². The summed E-state index contributed by atoms with van der Waals surface area (Å²) in [5.74, 6) is 1.21. The second-order valence-electron chi connectivity index (χ2n) is 6.39. The first-order valence-electron chi connectivity index (χ1n) is 9.23. The summed E-state index contributed by atoms with van der Waals surface area (Å²) in [6.07, 6.45) is 3.44. The van der Waals surface area contributed by atoms with Gasteiger partial charge in [0.25, 0.3) is 12.4 Å². The second-order valence-corrected chi connectivity index (χ2v) is 11.4. The molecular formula is C17H20Cl2N4O6S3. The number of nitrogens with one attached hydrogen (secondary N) is 1. The van der Waals surface area contributed by atoms with E-state index in [4.69, 9.17) is 23.2 Å². The van der Waals surface area contributed by atoms with Gasteiger partial charge in [0.15, 0.2) is 5.03 Å². The van der Waals surface area contributed by atoms with E-state index < -0.39 is 25.6 Å². The van der Waals surface area contributed by atoms with Crippen LogP contribution in [-0.4, -0.2) is 47.2 Å². The van der Waals surface area contributed by atoms with Crippen molar-refractivity contribution < 1.29 is 18.3 Å². The van der Waals surface area contributed by atoms with Gasteiger partial charge in [-0.2, -0.15) is 0 Å². The number of hydrogen-bond acceptors (Lipinski definition) is 9. The highest BCUT2D eigenvalue weighted by Crippen LogP contribution is 2.33. The third-order valence-corrected chi connectivity index (χ3v) is 8.74. The molecule has 0 aliphatic carbocycles. The van der Waals surface area contributed by atoms with Crippen LogP contribution in [-0.2, 0) is 15.8 Å². The number of halogens is 2. The van der Waals surface area contributed by atoms with Gasteiger partial charge in [-0.3, -0.25) is 24.5 Å². The van der Waals surface area contributed by atoms with E-state index in [1.54, 1.807) is 18.2 Å². The maximum Gasteiger partial charge on any atom is 0.265 e. The molecular weight excluding hydrogens is 523 g/mol. The Labute approximate surface area is 203 Å². The van der Waals surface area contributed by atoms with Crippen LogP contribution in [0.3, 0.4) is 0 Å². The minimum absolute atomic E-state index is 0.111. The molecule has 0 atom stereocenters. The normalized spacial score (nSPS) is 19.1. The fourth-order valence-electron chi connectivity index (χ4n) is 2.66. The molecule has 0 spiro atoms. The predicted octanol–water partition coefficient (Wildman–Crippen LogP) is 4.13. The Morgan fingerprint density at radius 2 is 1.69 bits per heavy atom.